The van der Waals surface area contributed by atoms with Crippen molar-refractivity contribution in [3.05, 3.63) is 35.2 Å². The Morgan fingerprint density at radius 3 is 2.76 bits per heavy atom. The highest BCUT2D eigenvalue weighted by Gasteiger charge is 2.47. The second-order valence-corrected chi connectivity index (χ2v) is 8.26. The molecule has 0 unspecified atom stereocenters. The van der Waals surface area contributed by atoms with Gasteiger partial charge in [-0.1, -0.05) is 27.7 Å². The molecule has 1 aliphatic rings. The number of nitriles is 1. The summed E-state index contributed by atoms with van der Waals surface area (Å²) in [5, 5.41) is 25.4. The fraction of sp³-hybridized carbons (Fsp3) is 0.571. The highest BCUT2D eigenvalue weighted by Crippen LogP contribution is 2.46. The lowest BCUT2D eigenvalue weighted by Gasteiger charge is -2.52. The van der Waals surface area contributed by atoms with E-state index in [0.717, 1.165) is 17.7 Å². The molecule has 0 aromatic carbocycles. The zero-order valence-corrected chi connectivity index (χ0v) is 17.9. The van der Waals surface area contributed by atoms with Crippen molar-refractivity contribution in [1.29, 1.82) is 5.26 Å². The first-order valence-electron chi connectivity index (χ1n) is 9.79. The van der Waals surface area contributed by atoms with Gasteiger partial charge in [0.25, 0.3) is 0 Å². The van der Waals surface area contributed by atoms with Crippen molar-refractivity contribution in [2.24, 2.45) is 21.3 Å². The molecule has 1 aromatic rings. The molecule has 1 aliphatic carbocycles. The second-order valence-electron chi connectivity index (χ2n) is 8.26. The van der Waals surface area contributed by atoms with Crippen molar-refractivity contribution in [2.75, 3.05) is 6.61 Å². The molecule has 1 aromatic heterocycles. The topological polar surface area (TPSA) is 119 Å². The molecule has 8 heteroatoms. The van der Waals surface area contributed by atoms with E-state index in [1.54, 1.807) is 13.1 Å². The quantitative estimate of drug-likeness (QED) is 0.369. The van der Waals surface area contributed by atoms with Crippen LogP contribution in [0, 0.1) is 22.7 Å². The van der Waals surface area contributed by atoms with Gasteiger partial charge in [0.15, 0.2) is 0 Å². The summed E-state index contributed by atoms with van der Waals surface area (Å²) < 4.78 is 0. The molecule has 2 atom stereocenters. The summed E-state index contributed by atoms with van der Waals surface area (Å²) in [6.45, 7) is 14.2. The number of aliphatic hydroxyl groups is 1. The van der Waals surface area contributed by atoms with Crippen molar-refractivity contribution >= 4 is 12.7 Å². The van der Waals surface area contributed by atoms with Gasteiger partial charge >= 0.3 is 0 Å². The van der Waals surface area contributed by atoms with Crippen molar-refractivity contribution in [1.82, 2.24) is 20.6 Å². The van der Waals surface area contributed by atoms with Crippen LogP contribution in [0.25, 0.3) is 0 Å². The maximum Gasteiger partial charge on any atom is 0.223 e. The standard InChI is InChI=1S/C21H31N7O/c1-13(2)18-15(9-24-12-26-18)10-25-20(23-6)28-19(14(3)8-22)27-17-7-16(11-29)21(17,4)5/h9,12-13,16-17,27,29H,6-7,10-11H2,1-5H3,(H,25,28)/b19-14+/t16-,17-/m0/s1. The number of nitrogens with zero attached hydrogens (tertiary/aromatic N) is 5. The molecular formula is C21H31N7O. The van der Waals surface area contributed by atoms with Gasteiger partial charge in [-0.25, -0.2) is 20.0 Å². The normalized spacial score (nSPS) is 21.7. The number of nitrogens with one attached hydrogen (secondary N) is 2. The predicted molar refractivity (Wildman–Crippen MR) is 114 cm³/mol. The number of guanidine groups is 1. The highest BCUT2D eigenvalue weighted by molar-refractivity contribution is 5.85. The third-order valence-corrected chi connectivity index (χ3v) is 5.71. The summed E-state index contributed by atoms with van der Waals surface area (Å²) in [5.74, 6) is 1.37. The Hall–Kier alpha value is -2.79. The minimum absolute atomic E-state index is 0.0795. The molecule has 0 spiro atoms. The van der Waals surface area contributed by atoms with Gasteiger partial charge in [0.2, 0.25) is 5.96 Å². The van der Waals surface area contributed by atoms with E-state index in [-0.39, 0.29) is 29.9 Å². The van der Waals surface area contributed by atoms with Crippen molar-refractivity contribution in [3.8, 4) is 6.07 Å². The maximum absolute atomic E-state index is 9.49. The lowest BCUT2D eigenvalue weighted by atomic mass is 9.59. The first-order valence-corrected chi connectivity index (χ1v) is 9.79. The smallest absolute Gasteiger partial charge is 0.223 e. The van der Waals surface area contributed by atoms with E-state index in [9.17, 15) is 10.4 Å². The van der Waals surface area contributed by atoms with E-state index in [0.29, 0.717) is 23.9 Å². The lowest BCUT2D eigenvalue weighted by molar-refractivity contribution is -0.0186. The van der Waals surface area contributed by atoms with Gasteiger partial charge in [-0.2, -0.15) is 5.26 Å². The second kappa shape index (κ2) is 9.61. The van der Waals surface area contributed by atoms with Crippen LogP contribution in [0.1, 0.15) is 58.2 Å². The fourth-order valence-electron chi connectivity index (χ4n) is 3.45. The SMILES string of the molecule is C=NC(=NCc1cncnc1C(C)C)N/C(N[C@H]1C[C@@H](CO)C1(C)C)=C(\C)C#N. The average molecular weight is 398 g/mol. The van der Waals surface area contributed by atoms with Gasteiger partial charge in [0.05, 0.1) is 23.9 Å². The lowest BCUT2D eigenvalue weighted by Crippen LogP contribution is -2.59. The molecule has 0 bridgehead atoms. The van der Waals surface area contributed by atoms with Crippen molar-refractivity contribution < 1.29 is 5.11 Å². The van der Waals surface area contributed by atoms with Crippen molar-refractivity contribution in [3.63, 3.8) is 0 Å². The number of aliphatic imine (C=N–C) groups is 2. The summed E-state index contributed by atoms with van der Waals surface area (Å²) in [7, 11) is 0. The van der Waals surface area contributed by atoms with Gasteiger partial charge in [-0.05, 0) is 37.3 Å². The molecule has 0 saturated heterocycles. The number of rotatable bonds is 7. The molecule has 0 amide bonds. The highest BCUT2D eigenvalue weighted by atomic mass is 16.3. The van der Waals surface area contributed by atoms with E-state index in [1.165, 1.54) is 6.33 Å². The van der Waals surface area contributed by atoms with Crippen LogP contribution in [0.3, 0.4) is 0 Å². The van der Waals surface area contributed by atoms with Crippen LogP contribution in [0.15, 0.2) is 33.9 Å². The van der Waals surface area contributed by atoms with Gasteiger partial charge in [-0.3, -0.25) is 0 Å². The number of aromatic nitrogens is 2. The molecule has 1 saturated carbocycles. The first kappa shape index (κ1) is 22.5. The Balaban J connectivity index is 2.17. The van der Waals surface area contributed by atoms with Gasteiger partial charge in [-0.15, -0.1) is 0 Å². The molecular weight excluding hydrogens is 366 g/mol. The number of aliphatic hydroxyl groups excluding tert-OH is 1. The third-order valence-electron chi connectivity index (χ3n) is 5.71. The summed E-state index contributed by atoms with van der Waals surface area (Å²) in [4.78, 5) is 16.9. The van der Waals surface area contributed by atoms with Gasteiger partial charge in [0, 0.05) is 24.4 Å². The summed E-state index contributed by atoms with van der Waals surface area (Å²) in [5.41, 5.74) is 2.28. The van der Waals surface area contributed by atoms with Crippen LogP contribution >= 0.6 is 0 Å². The van der Waals surface area contributed by atoms with E-state index in [1.807, 2.05) is 0 Å². The first-order chi connectivity index (χ1) is 13.7. The van der Waals surface area contributed by atoms with E-state index in [2.05, 4.69) is 71.1 Å². The minimum atomic E-state index is -0.0795. The number of hydrogen-bond acceptors (Lipinski definition) is 6. The third kappa shape index (κ3) is 5.18. The molecule has 0 radical (unpaired) electrons. The fourth-order valence-corrected chi connectivity index (χ4v) is 3.45. The van der Waals surface area contributed by atoms with Gasteiger partial charge in [0.1, 0.15) is 12.1 Å². The predicted octanol–water partition coefficient (Wildman–Crippen LogP) is 2.50. The molecule has 156 valence electrons. The number of hydrogen-bond donors (Lipinski definition) is 3. The zero-order chi connectivity index (χ0) is 21.6. The van der Waals surface area contributed by atoms with Gasteiger partial charge < -0.3 is 15.7 Å². The van der Waals surface area contributed by atoms with Crippen LogP contribution in [0.2, 0.25) is 0 Å². The summed E-state index contributed by atoms with van der Waals surface area (Å²) in [6.07, 6.45) is 4.13. The zero-order valence-electron chi connectivity index (χ0n) is 17.9. The van der Waals surface area contributed by atoms with E-state index < -0.39 is 0 Å². The molecule has 2 rings (SSSR count). The molecule has 29 heavy (non-hydrogen) atoms. The minimum Gasteiger partial charge on any atom is -0.396 e. The Kier molecular flexibility index (Phi) is 7.46. The Labute approximate surface area is 172 Å². The molecule has 1 fully saturated rings. The summed E-state index contributed by atoms with van der Waals surface area (Å²) in [6, 6.07) is 2.30. The Morgan fingerprint density at radius 1 is 1.48 bits per heavy atom. The van der Waals surface area contributed by atoms with Crippen LogP contribution in [-0.2, 0) is 6.54 Å². The van der Waals surface area contributed by atoms with Crippen LogP contribution in [0.5, 0.6) is 0 Å². The molecule has 3 N–H and O–H groups in total. The molecule has 0 aliphatic heterocycles. The van der Waals surface area contributed by atoms with Crippen LogP contribution < -0.4 is 10.6 Å². The van der Waals surface area contributed by atoms with Crippen LogP contribution in [0.4, 0.5) is 0 Å². The monoisotopic (exact) mass is 397 g/mol. The van der Waals surface area contributed by atoms with Crippen molar-refractivity contribution in [2.45, 2.75) is 59.5 Å². The van der Waals surface area contributed by atoms with E-state index in [4.69, 9.17) is 0 Å². The molecule has 1 heterocycles. The summed E-state index contributed by atoms with van der Waals surface area (Å²) >= 11 is 0. The largest absolute Gasteiger partial charge is 0.396 e. The maximum atomic E-state index is 9.49. The van der Waals surface area contributed by atoms with Crippen LogP contribution in [-0.4, -0.2) is 40.4 Å². The Bertz CT molecular complexity index is 836. The van der Waals surface area contributed by atoms with E-state index >= 15 is 0 Å². The average Bonchev–Trinajstić information content (AvgIpc) is 2.71. The number of allylic oxidation sites excluding steroid dienone is 1. The Morgan fingerprint density at radius 2 is 2.21 bits per heavy atom. The molecule has 8 nitrogen and oxygen atoms in total.